The molecule has 186 valence electrons. The van der Waals surface area contributed by atoms with Gasteiger partial charge in [-0.1, -0.05) is 60.7 Å². The number of rotatable bonds is 7. The number of carbonyl (C=O) groups excluding carboxylic acids is 2. The molecule has 3 N–H and O–H groups in total. The summed E-state index contributed by atoms with van der Waals surface area (Å²) in [7, 11) is 0. The van der Waals surface area contributed by atoms with Gasteiger partial charge in [-0.05, 0) is 52.3 Å². The molecule has 0 fully saturated rings. The molecule has 1 aliphatic carbocycles. The number of carbonyl (C=O) groups is 2. The van der Waals surface area contributed by atoms with Gasteiger partial charge in [-0.3, -0.25) is 4.79 Å². The molecule has 5 rings (SSSR count). The number of amides is 2. The Kier molecular flexibility index (Phi) is 6.76. The summed E-state index contributed by atoms with van der Waals surface area (Å²) in [5.74, 6) is -0.0318. The Morgan fingerprint density at radius 3 is 2.36 bits per heavy atom. The van der Waals surface area contributed by atoms with Crippen LogP contribution in [0.25, 0.3) is 11.1 Å². The van der Waals surface area contributed by atoms with Gasteiger partial charge in [0, 0.05) is 31.6 Å². The summed E-state index contributed by atoms with van der Waals surface area (Å²) in [6, 6.07) is 21.7. The SMILES string of the molecule is CC(=O)N1CCc2cc(C(O)C(O)CCNC(=O)OCC3c4ccccc4-c4ccccc43)ccc21. The van der Waals surface area contributed by atoms with Crippen LogP contribution in [0.3, 0.4) is 0 Å². The zero-order chi connectivity index (χ0) is 25.2. The van der Waals surface area contributed by atoms with Gasteiger partial charge in [-0.25, -0.2) is 4.79 Å². The van der Waals surface area contributed by atoms with E-state index in [0.717, 1.165) is 28.8 Å². The zero-order valence-corrected chi connectivity index (χ0v) is 20.2. The predicted octanol–water partition coefficient (Wildman–Crippen LogP) is 3.92. The zero-order valence-electron chi connectivity index (χ0n) is 20.2. The number of anilines is 1. The van der Waals surface area contributed by atoms with Crippen LogP contribution < -0.4 is 10.2 Å². The minimum atomic E-state index is -1.09. The van der Waals surface area contributed by atoms with Crippen LogP contribution in [0.4, 0.5) is 10.5 Å². The number of fused-ring (bicyclic) bond motifs is 4. The van der Waals surface area contributed by atoms with E-state index in [9.17, 15) is 19.8 Å². The quantitative estimate of drug-likeness (QED) is 0.470. The number of nitrogens with one attached hydrogen (secondary N) is 1. The fourth-order valence-corrected chi connectivity index (χ4v) is 5.28. The molecule has 0 aromatic heterocycles. The molecule has 0 saturated heterocycles. The van der Waals surface area contributed by atoms with E-state index in [1.807, 2.05) is 36.4 Å². The van der Waals surface area contributed by atoms with Crippen LogP contribution in [-0.4, -0.2) is 48.0 Å². The molecule has 1 aliphatic heterocycles. The third-order valence-corrected chi connectivity index (χ3v) is 7.14. The molecule has 2 aliphatic rings. The van der Waals surface area contributed by atoms with Crippen molar-refractivity contribution in [2.24, 2.45) is 0 Å². The molecule has 2 atom stereocenters. The first-order valence-electron chi connectivity index (χ1n) is 12.3. The Morgan fingerprint density at radius 2 is 1.69 bits per heavy atom. The first-order valence-corrected chi connectivity index (χ1v) is 12.3. The highest BCUT2D eigenvalue weighted by Gasteiger charge is 2.29. The number of aliphatic hydroxyl groups excluding tert-OH is 2. The summed E-state index contributed by atoms with van der Waals surface area (Å²) < 4.78 is 5.52. The maximum atomic E-state index is 12.3. The fraction of sp³-hybridized carbons (Fsp3) is 0.310. The van der Waals surface area contributed by atoms with Crippen molar-refractivity contribution in [3.05, 3.63) is 89.0 Å². The van der Waals surface area contributed by atoms with E-state index in [4.69, 9.17) is 4.74 Å². The highest BCUT2D eigenvalue weighted by molar-refractivity contribution is 5.93. The van der Waals surface area contributed by atoms with E-state index in [0.29, 0.717) is 12.1 Å². The summed E-state index contributed by atoms with van der Waals surface area (Å²) in [6.45, 7) is 2.54. The van der Waals surface area contributed by atoms with Crippen molar-refractivity contribution < 1.29 is 24.5 Å². The number of hydrogen-bond acceptors (Lipinski definition) is 5. The molecule has 3 aromatic carbocycles. The van der Waals surface area contributed by atoms with E-state index in [1.54, 1.807) is 11.0 Å². The second-order valence-electron chi connectivity index (χ2n) is 9.36. The second kappa shape index (κ2) is 10.1. The Bertz CT molecular complexity index is 1240. The van der Waals surface area contributed by atoms with Crippen molar-refractivity contribution >= 4 is 17.7 Å². The normalized spacial score (nSPS) is 15.6. The summed E-state index contributed by atoms with van der Waals surface area (Å²) in [5, 5.41) is 23.8. The smallest absolute Gasteiger partial charge is 0.407 e. The molecular formula is C29H30N2O5. The maximum absolute atomic E-state index is 12.3. The highest BCUT2D eigenvalue weighted by atomic mass is 16.5. The molecule has 2 amide bonds. The summed E-state index contributed by atoms with van der Waals surface area (Å²) in [5.41, 5.74) is 7.04. The third kappa shape index (κ3) is 4.59. The molecule has 7 heteroatoms. The predicted molar refractivity (Wildman–Crippen MR) is 137 cm³/mol. The fourth-order valence-electron chi connectivity index (χ4n) is 5.28. The average Bonchev–Trinajstić information content (AvgIpc) is 3.46. The Balaban J connectivity index is 1.12. The molecule has 0 saturated carbocycles. The number of benzene rings is 3. The molecule has 0 bridgehead atoms. The van der Waals surface area contributed by atoms with Gasteiger partial charge in [-0.15, -0.1) is 0 Å². The van der Waals surface area contributed by atoms with Crippen LogP contribution in [0.1, 0.15) is 47.6 Å². The average molecular weight is 487 g/mol. The number of ether oxygens (including phenoxy) is 1. The lowest BCUT2D eigenvalue weighted by Gasteiger charge is -2.20. The van der Waals surface area contributed by atoms with Crippen molar-refractivity contribution in [3.8, 4) is 11.1 Å². The lowest BCUT2D eigenvalue weighted by Crippen LogP contribution is -2.30. The van der Waals surface area contributed by atoms with Gasteiger partial charge in [-0.2, -0.15) is 0 Å². The van der Waals surface area contributed by atoms with Crippen LogP contribution in [0.5, 0.6) is 0 Å². The van der Waals surface area contributed by atoms with Gasteiger partial charge in [0.15, 0.2) is 0 Å². The molecule has 1 heterocycles. The van der Waals surface area contributed by atoms with Crippen molar-refractivity contribution in [2.75, 3.05) is 24.6 Å². The maximum Gasteiger partial charge on any atom is 0.407 e. The molecule has 36 heavy (non-hydrogen) atoms. The molecule has 3 aromatic rings. The first-order chi connectivity index (χ1) is 17.4. The third-order valence-electron chi connectivity index (χ3n) is 7.14. The van der Waals surface area contributed by atoms with Gasteiger partial charge in [0.2, 0.25) is 5.91 Å². The number of aliphatic hydroxyl groups is 2. The van der Waals surface area contributed by atoms with Crippen molar-refractivity contribution in [3.63, 3.8) is 0 Å². The lowest BCUT2D eigenvalue weighted by molar-refractivity contribution is -0.116. The topological polar surface area (TPSA) is 99.1 Å². The Morgan fingerprint density at radius 1 is 1.03 bits per heavy atom. The van der Waals surface area contributed by atoms with E-state index in [2.05, 4.69) is 29.6 Å². The molecule has 2 unspecified atom stereocenters. The van der Waals surface area contributed by atoms with Crippen molar-refractivity contribution in [1.82, 2.24) is 5.32 Å². The van der Waals surface area contributed by atoms with E-state index >= 15 is 0 Å². The molecule has 0 spiro atoms. The van der Waals surface area contributed by atoms with Crippen molar-refractivity contribution in [1.29, 1.82) is 0 Å². The van der Waals surface area contributed by atoms with Gasteiger partial charge in [0.1, 0.15) is 12.7 Å². The van der Waals surface area contributed by atoms with Crippen molar-refractivity contribution in [2.45, 2.75) is 37.9 Å². The van der Waals surface area contributed by atoms with Crippen LogP contribution in [0.15, 0.2) is 66.7 Å². The Labute approximate surface area is 210 Å². The van der Waals surface area contributed by atoms with Gasteiger partial charge in [0.05, 0.1) is 6.10 Å². The lowest BCUT2D eigenvalue weighted by atomic mass is 9.98. The molecule has 7 nitrogen and oxygen atoms in total. The number of alkyl carbamates (subject to hydrolysis) is 1. The van der Waals surface area contributed by atoms with Gasteiger partial charge in [0.25, 0.3) is 0 Å². The van der Waals surface area contributed by atoms with Crippen LogP contribution in [0.2, 0.25) is 0 Å². The van der Waals surface area contributed by atoms with Gasteiger partial charge < -0.3 is 25.2 Å². The van der Waals surface area contributed by atoms with Crippen LogP contribution >= 0.6 is 0 Å². The first kappa shape index (κ1) is 24.0. The second-order valence-corrected chi connectivity index (χ2v) is 9.36. The minimum Gasteiger partial charge on any atom is -0.449 e. The van der Waals surface area contributed by atoms with E-state index in [-0.39, 0.29) is 31.4 Å². The summed E-state index contributed by atoms with van der Waals surface area (Å²) in [4.78, 5) is 25.8. The van der Waals surface area contributed by atoms with E-state index in [1.165, 1.54) is 18.1 Å². The summed E-state index contributed by atoms with van der Waals surface area (Å²) in [6.07, 6.45) is -1.81. The number of nitrogens with zero attached hydrogens (tertiary/aromatic N) is 1. The Hall–Kier alpha value is -3.68. The summed E-state index contributed by atoms with van der Waals surface area (Å²) >= 11 is 0. The van der Waals surface area contributed by atoms with Gasteiger partial charge >= 0.3 is 6.09 Å². The standard InChI is InChI=1S/C29H30N2O5/c1-18(32)31-15-13-19-16-20(10-11-26(19)31)28(34)27(33)12-14-30-29(35)36-17-25-23-8-4-2-6-21(23)22-7-3-5-9-24(22)25/h2-11,16,25,27-28,33-34H,12-15,17H2,1H3,(H,30,35). The largest absolute Gasteiger partial charge is 0.449 e. The van der Waals surface area contributed by atoms with Crippen LogP contribution in [0, 0.1) is 0 Å². The minimum absolute atomic E-state index is 0.0126. The number of hydrogen-bond donors (Lipinski definition) is 3. The molecular weight excluding hydrogens is 456 g/mol. The monoisotopic (exact) mass is 486 g/mol. The van der Waals surface area contributed by atoms with Crippen LogP contribution in [-0.2, 0) is 16.0 Å². The van der Waals surface area contributed by atoms with E-state index < -0.39 is 18.3 Å². The molecule has 0 radical (unpaired) electrons. The highest BCUT2D eigenvalue weighted by Crippen LogP contribution is 2.44.